The fraction of sp³-hybridized carbons (Fsp3) is 0.429. The van der Waals surface area contributed by atoms with Gasteiger partial charge < -0.3 is 19.5 Å². The molecule has 6 heteroatoms. The van der Waals surface area contributed by atoms with Crippen molar-refractivity contribution in [3.05, 3.63) is 24.3 Å². The molecule has 0 heterocycles. The molecule has 0 saturated heterocycles. The number of rotatable bonds is 7. The Balaban J connectivity index is 2.27. The molecule has 0 radical (unpaired) electrons. The van der Waals surface area contributed by atoms with Crippen molar-refractivity contribution < 1.29 is 23.8 Å². The summed E-state index contributed by atoms with van der Waals surface area (Å²) in [4.78, 5) is 22.6. The Labute approximate surface area is 118 Å². The second-order valence-electron chi connectivity index (χ2n) is 4.35. The first kappa shape index (κ1) is 15.8. The van der Waals surface area contributed by atoms with Gasteiger partial charge in [-0.05, 0) is 38.1 Å². The second-order valence-corrected chi connectivity index (χ2v) is 4.35. The average molecular weight is 281 g/mol. The number of hydrogen-bond donors (Lipinski definition) is 1. The molecule has 0 aliphatic carbocycles. The Hall–Kier alpha value is -2.24. The second kappa shape index (κ2) is 8.04. The maximum absolute atomic E-state index is 11.4. The maximum atomic E-state index is 11.4. The van der Waals surface area contributed by atoms with E-state index in [9.17, 15) is 9.59 Å². The molecule has 1 aromatic rings. The van der Waals surface area contributed by atoms with Crippen molar-refractivity contribution in [2.24, 2.45) is 0 Å². The fourth-order valence-electron chi connectivity index (χ4n) is 1.37. The van der Waals surface area contributed by atoms with Gasteiger partial charge in [-0.15, -0.1) is 0 Å². The summed E-state index contributed by atoms with van der Waals surface area (Å²) in [5, 5.41) is 2.61. The summed E-state index contributed by atoms with van der Waals surface area (Å²) in [5.41, 5.74) is 0. The third kappa shape index (κ3) is 6.08. The lowest BCUT2D eigenvalue weighted by molar-refractivity contribution is -0.150. The van der Waals surface area contributed by atoms with Crippen molar-refractivity contribution in [3.8, 4) is 11.5 Å². The standard InChI is InChI=1S/C14H19NO5/c1-10(2)15-13(16)8-20-14(17)9-19-12-6-4-11(18-3)5-7-12/h4-7,10H,8-9H2,1-3H3,(H,15,16). The van der Waals surface area contributed by atoms with Crippen molar-refractivity contribution >= 4 is 11.9 Å². The van der Waals surface area contributed by atoms with Gasteiger partial charge in [0, 0.05) is 6.04 Å². The van der Waals surface area contributed by atoms with Crippen molar-refractivity contribution in [3.63, 3.8) is 0 Å². The minimum atomic E-state index is -0.597. The third-order valence-electron chi connectivity index (χ3n) is 2.23. The van der Waals surface area contributed by atoms with Crippen LogP contribution in [0.4, 0.5) is 0 Å². The zero-order valence-electron chi connectivity index (χ0n) is 11.8. The van der Waals surface area contributed by atoms with E-state index in [0.29, 0.717) is 11.5 Å². The van der Waals surface area contributed by atoms with Crippen LogP contribution >= 0.6 is 0 Å². The summed E-state index contributed by atoms with van der Waals surface area (Å²) < 4.78 is 15.0. The number of carbonyl (C=O) groups is 2. The Morgan fingerprint density at radius 3 is 2.25 bits per heavy atom. The van der Waals surface area contributed by atoms with E-state index in [4.69, 9.17) is 14.2 Å². The molecule has 0 aliphatic rings. The fourth-order valence-corrected chi connectivity index (χ4v) is 1.37. The predicted octanol–water partition coefficient (Wildman–Crippen LogP) is 1.14. The number of carbonyl (C=O) groups excluding carboxylic acids is 2. The highest BCUT2D eigenvalue weighted by Gasteiger charge is 2.09. The molecule has 1 amide bonds. The molecule has 0 aliphatic heterocycles. The molecule has 1 N–H and O–H groups in total. The number of amides is 1. The van der Waals surface area contributed by atoms with E-state index in [1.807, 2.05) is 13.8 Å². The quantitative estimate of drug-likeness (QED) is 0.759. The van der Waals surface area contributed by atoms with Gasteiger partial charge in [0.25, 0.3) is 5.91 Å². The maximum Gasteiger partial charge on any atom is 0.344 e. The molecule has 0 fully saturated rings. The summed E-state index contributed by atoms with van der Waals surface area (Å²) in [7, 11) is 1.56. The summed E-state index contributed by atoms with van der Waals surface area (Å²) >= 11 is 0. The minimum Gasteiger partial charge on any atom is -0.497 e. The normalized spacial score (nSPS) is 10.0. The summed E-state index contributed by atoms with van der Waals surface area (Å²) in [6, 6.07) is 6.81. The van der Waals surface area contributed by atoms with E-state index in [2.05, 4.69) is 5.32 Å². The summed E-state index contributed by atoms with van der Waals surface area (Å²) in [6.07, 6.45) is 0. The lowest BCUT2D eigenvalue weighted by Crippen LogP contribution is -2.34. The molecule has 6 nitrogen and oxygen atoms in total. The Kier molecular flexibility index (Phi) is 6.36. The van der Waals surface area contributed by atoms with Crippen molar-refractivity contribution in [1.82, 2.24) is 5.32 Å². The molecule has 0 aromatic heterocycles. The number of hydrogen-bond acceptors (Lipinski definition) is 5. The number of ether oxygens (including phenoxy) is 3. The zero-order chi connectivity index (χ0) is 15.0. The SMILES string of the molecule is COc1ccc(OCC(=O)OCC(=O)NC(C)C)cc1. The van der Waals surface area contributed by atoms with E-state index in [0.717, 1.165) is 0 Å². The first-order chi connectivity index (χ1) is 9.51. The van der Waals surface area contributed by atoms with Crippen LogP contribution in [0.2, 0.25) is 0 Å². The molecule has 0 bridgehead atoms. The molecule has 1 rings (SSSR count). The number of methoxy groups -OCH3 is 1. The van der Waals surface area contributed by atoms with Crippen LogP contribution < -0.4 is 14.8 Å². The Morgan fingerprint density at radius 1 is 1.10 bits per heavy atom. The summed E-state index contributed by atoms with van der Waals surface area (Å²) in [5.74, 6) is 0.289. The predicted molar refractivity (Wildman–Crippen MR) is 72.7 cm³/mol. The molecule has 0 saturated carbocycles. The van der Waals surface area contributed by atoms with Gasteiger partial charge >= 0.3 is 5.97 Å². The van der Waals surface area contributed by atoms with Crippen molar-refractivity contribution in [2.75, 3.05) is 20.3 Å². The van der Waals surface area contributed by atoms with Gasteiger partial charge in [0.05, 0.1) is 7.11 Å². The number of benzene rings is 1. The largest absolute Gasteiger partial charge is 0.497 e. The molecule has 0 unspecified atom stereocenters. The van der Waals surface area contributed by atoms with Gasteiger partial charge in [0.2, 0.25) is 0 Å². The highest BCUT2D eigenvalue weighted by molar-refractivity contribution is 5.81. The van der Waals surface area contributed by atoms with Crippen LogP contribution in [0.25, 0.3) is 0 Å². The first-order valence-corrected chi connectivity index (χ1v) is 6.23. The molecule has 0 spiro atoms. The number of esters is 1. The van der Waals surface area contributed by atoms with Gasteiger partial charge in [-0.3, -0.25) is 4.79 Å². The molecular weight excluding hydrogens is 262 g/mol. The van der Waals surface area contributed by atoms with Gasteiger partial charge in [-0.25, -0.2) is 4.79 Å². The molecule has 0 atom stereocenters. The first-order valence-electron chi connectivity index (χ1n) is 6.23. The highest BCUT2D eigenvalue weighted by atomic mass is 16.6. The van der Waals surface area contributed by atoms with E-state index < -0.39 is 5.97 Å². The van der Waals surface area contributed by atoms with Crippen LogP contribution in [0, 0.1) is 0 Å². The summed E-state index contributed by atoms with van der Waals surface area (Å²) in [6.45, 7) is 3.10. The van der Waals surface area contributed by atoms with Crippen LogP contribution in [-0.4, -0.2) is 38.2 Å². The van der Waals surface area contributed by atoms with E-state index in [1.165, 1.54) is 0 Å². The van der Waals surface area contributed by atoms with Crippen molar-refractivity contribution in [1.29, 1.82) is 0 Å². The van der Waals surface area contributed by atoms with Crippen LogP contribution in [0.3, 0.4) is 0 Å². The topological polar surface area (TPSA) is 73.9 Å². The van der Waals surface area contributed by atoms with Crippen molar-refractivity contribution in [2.45, 2.75) is 19.9 Å². The number of nitrogens with one attached hydrogen (secondary N) is 1. The van der Waals surface area contributed by atoms with Crippen LogP contribution in [0.5, 0.6) is 11.5 Å². The Morgan fingerprint density at radius 2 is 1.70 bits per heavy atom. The lowest BCUT2D eigenvalue weighted by Gasteiger charge is -2.09. The van der Waals surface area contributed by atoms with Gasteiger partial charge in [0.1, 0.15) is 11.5 Å². The van der Waals surface area contributed by atoms with Crippen LogP contribution in [-0.2, 0) is 14.3 Å². The molecule has 20 heavy (non-hydrogen) atoms. The third-order valence-corrected chi connectivity index (χ3v) is 2.23. The molecule has 110 valence electrons. The monoisotopic (exact) mass is 281 g/mol. The minimum absolute atomic E-state index is 0.0109. The van der Waals surface area contributed by atoms with Crippen LogP contribution in [0.1, 0.15) is 13.8 Å². The molecular formula is C14H19NO5. The van der Waals surface area contributed by atoms with Gasteiger partial charge in [0.15, 0.2) is 13.2 Å². The van der Waals surface area contributed by atoms with Gasteiger partial charge in [-0.2, -0.15) is 0 Å². The molecule has 1 aromatic carbocycles. The van der Waals surface area contributed by atoms with E-state index >= 15 is 0 Å². The lowest BCUT2D eigenvalue weighted by atomic mass is 10.3. The van der Waals surface area contributed by atoms with Crippen LogP contribution in [0.15, 0.2) is 24.3 Å². The Bertz CT molecular complexity index is 441. The van der Waals surface area contributed by atoms with E-state index in [1.54, 1.807) is 31.4 Å². The van der Waals surface area contributed by atoms with Gasteiger partial charge in [-0.1, -0.05) is 0 Å². The zero-order valence-corrected chi connectivity index (χ0v) is 11.8. The average Bonchev–Trinajstić information content (AvgIpc) is 2.42. The van der Waals surface area contributed by atoms with E-state index in [-0.39, 0.29) is 25.2 Å². The smallest absolute Gasteiger partial charge is 0.344 e. The highest BCUT2D eigenvalue weighted by Crippen LogP contribution is 2.16.